The molecule has 1 spiro atoms. The van der Waals surface area contributed by atoms with Gasteiger partial charge < -0.3 is 19.3 Å². The molecule has 0 unspecified atom stereocenters. The summed E-state index contributed by atoms with van der Waals surface area (Å²) in [7, 11) is -3.76. The monoisotopic (exact) mass is 590 g/mol. The summed E-state index contributed by atoms with van der Waals surface area (Å²) < 4.78 is 60.2. The molecular formula is C27H32F2N6O5S. The third-order valence-electron chi connectivity index (χ3n) is 8.30. The molecule has 41 heavy (non-hydrogen) atoms. The number of alkyl halides is 2. The third kappa shape index (κ3) is 5.94. The molecule has 1 amide bonds. The quantitative estimate of drug-likeness (QED) is 0.357. The average Bonchev–Trinajstić information content (AvgIpc) is 3.50. The van der Waals surface area contributed by atoms with Gasteiger partial charge in [-0.15, -0.1) is 0 Å². The van der Waals surface area contributed by atoms with E-state index in [0.29, 0.717) is 33.6 Å². The number of aliphatic hydroxyl groups is 1. The topological polar surface area (TPSA) is 141 Å². The van der Waals surface area contributed by atoms with Gasteiger partial charge in [-0.05, 0) is 49.3 Å². The molecule has 1 aliphatic carbocycles. The first kappa shape index (κ1) is 27.6. The Balaban J connectivity index is 1.29. The second-order valence-electron chi connectivity index (χ2n) is 11.2. The molecule has 0 bridgehead atoms. The highest BCUT2D eigenvalue weighted by molar-refractivity contribution is 7.92. The highest BCUT2D eigenvalue weighted by Gasteiger charge is 2.44. The molecule has 1 saturated carbocycles. The molecule has 2 saturated heterocycles. The largest absolute Gasteiger partial charge is 0.459 e. The summed E-state index contributed by atoms with van der Waals surface area (Å²) in [5.74, 6) is -3.32. The standard InChI is InChI=1S/C27H32F2N6O5S/c28-27(29)8-12-35(13-9-27)23-22-20(3-15-40-22)30-25(31-23)32-24(37)19-2-1-18(33-41(38,39)16-14-36)17-21(19)34-10-6-26(4-5-26)7-11-34/h1-3,15,17,33,36H,4-14,16H2,(H,30,31,32,37). The van der Waals surface area contributed by atoms with Crippen molar-refractivity contribution in [2.24, 2.45) is 5.41 Å². The number of aromatic nitrogens is 2. The number of piperidine rings is 2. The molecule has 2 aliphatic heterocycles. The number of hydrogen-bond acceptors (Lipinski definition) is 9. The second kappa shape index (κ2) is 10.4. The third-order valence-corrected chi connectivity index (χ3v) is 9.57. The number of rotatable bonds is 8. The van der Waals surface area contributed by atoms with Gasteiger partial charge in [0.25, 0.3) is 11.8 Å². The van der Waals surface area contributed by atoms with Crippen molar-refractivity contribution in [3.63, 3.8) is 0 Å². The molecule has 3 aliphatic rings. The van der Waals surface area contributed by atoms with Gasteiger partial charge in [0, 0.05) is 45.1 Å². The Labute approximate surface area is 236 Å². The first-order valence-corrected chi connectivity index (χ1v) is 15.4. The van der Waals surface area contributed by atoms with Crippen LogP contribution in [0, 0.1) is 5.41 Å². The normalized spacial score (nSPS) is 19.9. The number of hydrogen-bond donors (Lipinski definition) is 3. The predicted octanol–water partition coefficient (Wildman–Crippen LogP) is 3.83. The summed E-state index contributed by atoms with van der Waals surface area (Å²) in [6.07, 6.45) is 5.22. The van der Waals surface area contributed by atoms with Gasteiger partial charge >= 0.3 is 0 Å². The second-order valence-corrected chi connectivity index (χ2v) is 13.0. The minimum absolute atomic E-state index is 0.00508. The number of carbonyl (C=O) groups excluding carboxylic acids is 1. The Hall–Kier alpha value is -3.52. The van der Waals surface area contributed by atoms with E-state index in [1.807, 2.05) is 0 Å². The van der Waals surface area contributed by atoms with Crippen LogP contribution in [0.25, 0.3) is 11.1 Å². The maximum Gasteiger partial charge on any atom is 0.260 e. The first-order chi connectivity index (χ1) is 19.6. The zero-order valence-corrected chi connectivity index (χ0v) is 23.2. The van der Waals surface area contributed by atoms with E-state index in [-0.39, 0.29) is 37.6 Å². The fourth-order valence-electron chi connectivity index (χ4n) is 5.63. The summed E-state index contributed by atoms with van der Waals surface area (Å²) in [5.41, 5.74) is 2.36. The van der Waals surface area contributed by atoms with Crippen LogP contribution in [-0.2, 0) is 10.0 Å². The number of nitrogens with one attached hydrogen (secondary N) is 2. The Bertz CT molecular complexity index is 1560. The van der Waals surface area contributed by atoms with E-state index >= 15 is 0 Å². The van der Waals surface area contributed by atoms with Crippen molar-refractivity contribution in [1.82, 2.24) is 9.97 Å². The number of carbonyl (C=O) groups is 1. The van der Waals surface area contributed by atoms with Gasteiger partial charge in [-0.3, -0.25) is 14.8 Å². The van der Waals surface area contributed by atoms with E-state index in [2.05, 4.69) is 24.9 Å². The highest BCUT2D eigenvalue weighted by Crippen LogP contribution is 2.54. The van der Waals surface area contributed by atoms with Crippen LogP contribution in [-0.4, -0.2) is 73.9 Å². The fourth-order valence-corrected chi connectivity index (χ4v) is 6.46. The van der Waals surface area contributed by atoms with Crippen LogP contribution in [0.5, 0.6) is 0 Å². The summed E-state index contributed by atoms with van der Waals surface area (Å²) in [6, 6.07) is 6.30. The number of furan rings is 1. The van der Waals surface area contributed by atoms with Crippen LogP contribution in [0.2, 0.25) is 0 Å². The van der Waals surface area contributed by atoms with Crippen LogP contribution in [0.15, 0.2) is 34.9 Å². The van der Waals surface area contributed by atoms with Crippen LogP contribution >= 0.6 is 0 Å². The van der Waals surface area contributed by atoms with Crippen molar-refractivity contribution < 1.29 is 31.5 Å². The number of benzene rings is 1. The van der Waals surface area contributed by atoms with E-state index in [1.165, 1.54) is 25.2 Å². The summed E-state index contributed by atoms with van der Waals surface area (Å²) in [5, 5.41) is 11.8. The molecule has 14 heteroatoms. The molecule has 220 valence electrons. The molecule has 3 N–H and O–H groups in total. The zero-order valence-electron chi connectivity index (χ0n) is 22.4. The SMILES string of the molecule is O=C(Nc1nc(N2CCC(F)(F)CC2)c2occc2n1)c1ccc(NS(=O)(=O)CCO)cc1N1CCC2(CC1)CC2. The lowest BCUT2D eigenvalue weighted by Crippen LogP contribution is -2.40. The lowest BCUT2D eigenvalue weighted by Gasteiger charge is -2.35. The van der Waals surface area contributed by atoms with E-state index in [0.717, 1.165) is 25.9 Å². The Morgan fingerprint density at radius 3 is 2.39 bits per heavy atom. The number of amides is 1. The Kier molecular flexibility index (Phi) is 7.00. The number of aliphatic hydroxyl groups excluding tert-OH is 1. The van der Waals surface area contributed by atoms with Crippen molar-refractivity contribution in [2.75, 3.05) is 58.4 Å². The van der Waals surface area contributed by atoms with Crippen LogP contribution in [0.4, 0.5) is 31.9 Å². The van der Waals surface area contributed by atoms with Gasteiger partial charge in [-0.25, -0.2) is 22.2 Å². The molecule has 6 rings (SSSR count). The number of sulfonamides is 1. The molecule has 4 heterocycles. The van der Waals surface area contributed by atoms with E-state index < -0.39 is 34.2 Å². The maximum absolute atomic E-state index is 13.8. The zero-order chi connectivity index (χ0) is 28.8. The molecule has 0 atom stereocenters. The molecule has 0 radical (unpaired) electrons. The Morgan fingerprint density at radius 1 is 1.00 bits per heavy atom. The number of anilines is 4. The van der Waals surface area contributed by atoms with Gasteiger partial charge in [0.2, 0.25) is 16.0 Å². The molecule has 11 nitrogen and oxygen atoms in total. The van der Waals surface area contributed by atoms with Crippen molar-refractivity contribution in [3.05, 3.63) is 36.1 Å². The predicted molar refractivity (Wildman–Crippen MR) is 150 cm³/mol. The minimum atomic E-state index is -3.76. The number of nitrogens with zero attached hydrogens (tertiary/aromatic N) is 4. The summed E-state index contributed by atoms with van der Waals surface area (Å²) in [6.45, 7) is 1.12. The van der Waals surface area contributed by atoms with Crippen molar-refractivity contribution >= 4 is 50.2 Å². The van der Waals surface area contributed by atoms with Crippen molar-refractivity contribution in [3.8, 4) is 0 Å². The molecule has 3 aromatic rings. The van der Waals surface area contributed by atoms with E-state index in [1.54, 1.807) is 23.1 Å². The molecule has 3 fully saturated rings. The fraction of sp³-hybridized carbons (Fsp3) is 0.519. The van der Waals surface area contributed by atoms with Crippen molar-refractivity contribution in [1.29, 1.82) is 0 Å². The van der Waals surface area contributed by atoms with E-state index in [4.69, 9.17) is 9.52 Å². The Morgan fingerprint density at radius 2 is 1.71 bits per heavy atom. The first-order valence-electron chi connectivity index (χ1n) is 13.8. The number of halogens is 2. The lowest BCUT2D eigenvalue weighted by atomic mass is 9.93. The molecular weight excluding hydrogens is 558 g/mol. The van der Waals surface area contributed by atoms with Gasteiger partial charge in [-0.2, -0.15) is 4.98 Å². The minimum Gasteiger partial charge on any atom is -0.459 e. The number of fused-ring (bicyclic) bond motifs is 1. The van der Waals surface area contributed by atoms with Gasteiger partial charge in [0.1, 0.15) is 5.52 Å². The van der Waals surface area contributed by atoms with Crippen LogP contribution in [0.3, 0.4) is 0 Å². The van der Waals surface area contributed by atoms with E-state index in [9.17, 15) is 22.0 Å². The maximum atomic E-state index is 13.8. The average molecular weight is 591 g/mol. The van der Waals surface area contributed by atoms with Crippen LogP contribution < -0.4 is 19.8 Å². The summed E-state index contributed by atoms with van der Waals surface area (Å²) in [4.78, 5) is 26.3. The smallest absolute Gasteiger partial charge is 0.260 e. The highest BCUT2D eigenvalue weighted by atomic mass is 32.2. The van der Waals surface area contributed by atoms with Gasteiger partial charge in [0.15, 0.2) is 11.4 Å². The van der Waals surface area contributed by atoms with Crippen LogP contribution in [0.1, 0.15) is 48.9 Å². The summed E-state index contributed by atoms with van der Waals surface area (Å²) >= 11 is 0. The lowest BCUT2D eigenvalue weighted by molar-refractivity contribution is -0.0221. The van der Waals surface area contributed by atoms with Crippen molar-refractivity contribution in [2.45, 2.75) is 44.4 Å². The molecule has 2 aromatic heterocycles. The molecule has 1 aromatic carbocycles. The van der Waals surface area contributed by atoms with Gasteiger partial charge in [0.05, 0.1) is 35.6 Å². The van der Waals surface area contributed by atoms with Gasteiger partial charge in [-0.1, -0.05) is 0 Å².